The van der Waals surface area contributed by atoms with Crippen molar-refractivity contribution in [3.05, 3.63) is 71.5 Å². The number of fused-ring (bicyclic) bond motifs is 1. The first-order valence-corrected chi connectivity index (χ1v) is 13.7. The van der Waals surface area contributed by atoms with E-state index in [1.807, 2.05) is 49.8 Å². The summed E-state index contributed by atoms with van der Waals surface area (Å²) in [5, 5.41) is 21.6. The molecule has 40 heavy (non-hydrogen) atoms. The van der Waals surface area contributed by atoms with E-state index in [9.17, 15) is 9.59 Å². The summed E-state index contributed by atoms with van der Waals surface area (Å²) in [7, 11) is 3.50. The number of aromatic amines is 1. The van der Waals surface area contributed by atoms with Crippen LogP contribution in [0.25, 0.3) is 11.0 Å². The Morgan fingerprint density at radius 2 is 1.95 bits per heavy atom. The van der Waals surface area contributed by atoms with E-state index in [0.29, 0.717) is 32.5 Å². The highest BCUT2D eigenvalue weighted by Crippen LogP contribution is 2.31. The summed E-state index contributed by atoms with van der Waals surface area (Å²) in [6.07, 6.45) is 5.79. The molecular formula is C29H34N8O3. The Balaban J connectivity index is 1.16. The second kappa shape index (κ2) is 11.1. The van der Waals surface area contributed by atoms with Gasteiger partial charge in [-0.05, 0) is 66.1 Å². The SMILES string of the molecule is COc1ccc(C[C@@H]2C[C@@H](C(=O)NCc3ccc4c(c3)nnn4C)N(C(=O)[C@H]3CC(c4cn[nH]c4)CN3)C2)cc1. The molecule has 208 valence electrons. The minimum atomic E-state index is -0.522. The van der Waals surface area contributed by atoms with Crippen molar-refractivity contribution in [3.63, 3.8) is 0 Å². The largest absolute Gasteiger partial charge is 0.497 e. The highest BCUT2D eigenvalue weighted by atomic mass is 16.5. The predicted octanol–water partition coefficient (Wildman–Crippen LogP) is 1.92. The molecule has 1 unspecified atom stereocenters. The fourth-order valence-corrected chi connectivity index (χ4v) is 6.02. The first kappa shape index (κ1) is 26.0. The fraction of sp³-hybridized carbons (Fsp3) is 0.414. The molecule has 0 aliphatic carbocycles. The average molecular weight is 543 g/mol. The quantitative estimate of drug-likeness (QED) is 0.310. The number of likely N-dealkylation sites (tertiary alicyclic amines) is 1. The number of benzene rings is 2. The summed E-state index contributed by atoms with van der Waals surface area (Å²) in [6.45, 7) is 1.61. The number of H-pyrrole nitrogens is 1. The third-order valence-corrected chi connectivity index (χ3v) is 8.22. The monoisotopic (exact) mass is 542 g/mol. The number of nitrogens with one attached hydrogen (secondary N) is 3. The van der Waals surface area contributed by atoms with E-state index in [0.717, 1.165) is 39.9 Å². The maximum atomic E-state index is 13.8. The van der Waals surface area contributed by atoms with Crippen LogP contribution >= 0.6 is 0 Å². The molecule has 2 aliphatic rings. The first-order chi connectivity index (χ1) is 19.5. The van der Waals surface area contributed by atoms with Crippen LogP contribution in [-0.4, -0.2) is 74.2 Å². The van der Waals surface area contributed by atoms with Gasteiger partial charge < -0.3 is 20.3 Å². The zero-order valence-electron chi connectivity index (χ0n) is 22.7. The summed E-state index contributed by atoms with van der Waals surface area (Å²) in [5.74, 6) is 1.06. The van der Waals surface area contributed by atoms with E-state index in [1.54, 1.807) is 16.7 Å². The molecule has 4 aromatic rings. The average Bonchev–Trinajstić information content (AvgIpc) is 3.79. The van der Waals surface area contributed by atoms with Crippen LogP contribution in [0.3, 0.4) is 0 Å². The van der Waals surface area contributed by atoms with E-state index < -0.39 is 6.04 Å². The zero-order valence-corrected chi connectivity index (χ0v) is 22.7. The van der Waals surface area contributed by atoms with E-state index >= 15 is 0 Å². The number of methoxy groups -OCH3 is 1. The van der Waals surface area contributed by atoms with Crippen LogP contribution in [0, 0.1) is 5.92 Å². The summed E-state index contributed by atoms with van der Waals surface area (Å²) in [6, 6.07) is 13.0. The zero-order chi connectivity index (χ0) is 27.6. The lowest BCUT2D eigenvalue weighted by atomic mass is 9.96. The number of hydrogen-bond donors (Lipinski definition) is 3. The van der Waals surface area contributed by atoms with Gasteiger partial charge in [0.1, 0.15) is 17.3 Å². The molecule has 2 saturated heterocycles. The molecule has 4 heterocycles. The number of ether oxygens (including phenoxy) is 1. The summed E-state index contributed by atoms with van der Waals surface area (Å²) in [5.41, 5.74) is 4.91. The second-order valence-corrected chi connectivity index (χ2v) is 10.8. The van der Waals surface area contributed by atoms with Gasteiger partial charge in [0.25, 0.3) is 0 Å². The van der Waals surface area contributed by atoms with Gasteiger partial charge in [-0.3, -0.25) is 14.7 Å². The third-order valence-electron chi connectivity index (χ3n) is 8.22. The lowest BCUT2D eigenvalue weighted by molar-refractivity contribution is -0.139. The number of amides is 2. The van der Waals surface area contributed by atoms with Gasteiger partial charge in [0.05, 0.1) is 24.9 Å². The summed E-state index contributed by atoms with van der Waals surface area (Å²) < 4.78 is 7.01. The number of carbonyl (C=O) groups excluding carboxylic acids is 2. The second-order valence-electron chi connectivity index (χ2n) is 10.8. The molecule has 0 saturated carbocycles. The van der Waals surface area contributed by atoms with Gasteiger partial charge in [-0.1, -0.05) is 23.4 Å². The van der Waals surface area contributed by atoms with Gasteiger partial charge in [0.15, 0.2) is 0 Å². The number of aromatic nitrogens is 5. The Hall–Kier alpha value is -4.25. The van der Waals surface area contributed by atoms with Crippen molar-refractivity contribution in [3.8, 4) is 5.75 Å². The molecule has 6 rings (SSSR count). The van der Waals surface area contributed by atoms with Crippen molar-refractivity contribution in [1.82, 2.24) is 40.7 Å². The van der Waals surface area contributed by atoms with Gasteiger partial charge >= 0.3 is 0 Å². The van der Waals surface area contributed by atoms with Crippen molar-refractivity contribution in [2.45, 2.75) is 43.8 Å². The lowest BCUT2D eigenvalue weighted by Crippen LogP contribution is -2.51. The molecule has 0 radical (unpaired) electrons. The van der Waals surface area contributed by atoms with Gasteiger partial charge in [-0.25, -0.2) is 4.68 Å². The van der Waals surface area contributed by atoms with Crippen LogP contribution in [0.15, 0.2) is 54.9 Å². The number of aryl methyl sites for hydroxylation is 1. The Morgan fingerprint density at radius 3 is 2.73 bits per heavy atom. The molecule has 2 aliphatic heterocycles. The number of carbonyl (C=O) groups is 2. The number of nitrogens with zero attached hydrogens (tertiary/aromatic N) is 5. The highest BCUT2D eigenvalue weighted by Gasteiger charge is 2.43. The maximum absolute atomic E-state index is 13.8. The lowest BCUT2D eigenvalue weighted by Gasteiger charge is -2.27. The van der Waals surface area contributed by atoms with Crippen molar-refractivity contribution in [1.29, 1.82) is 0 Å². The minimum Gasteiger partial charge on any atom is -0.497 e. The molecule has 2 aromatic heterocycles. The van der Waals surface area contributed by atoms with Crippen molar-refractivity contribution in [2.24, 2.45) is 13.0 Å². The maximum Gasteiger partial charge on any atom is 0.243 e. The first-order valence-electron chi connectivity index (χ1n) is 13.7. The molecule has 2 aromatic carbocycles. The van der Waals surface area contributed by atoms with E-state index in [4.69, 9.17) is 4.74 Å². The van der Waals surface area contributed by atoms with Crippen LogP contribution < -0.4 is 15.4 Å². The molecule has 2 amide bonds. The van der Waals surface area contributed by atoms with Crippen LogP contribution in [-0.2, 0) is 29.6 Å². The topological polar surface area (TPSA) is 130 Å². The van der Waals surface area contributed by atoms with Gasteiger partial charge in [-0.2, -0.15) is 5.10 Å². The Labute approximate surface area is 232 Å². The van der Waals surface area contributed by atoms with Crippen molar-refractivity contribution in [2.75, 3.05) is 20.2 Å². The molecule has 4 atom stereocenters. The molecule has 11 heteroatoms. The number of hydrogen-bond acceptors (Lipinski definition) is 7. The Kier molecular flexibility index (Phi) is 7.21. The molecule has 11 nitrogen and oxygen atoms in total. The standard InChI is InChI=1S/C29H34N8O3/c1-36-26-8-5-19(10-24(26)34-35-36)13-31-28(38)27-11-20(9-18-3-6-23(40-2)7-4-18)17-37(27)29(39)25-12-21(14-30-25)22-15-32-33-16-22/h3-8,10,15-16,20-21,25,27,30H,9,11-14,17H2,1-2H3,(H,31,38)(H,32,33)/t20-,21?,25-,27+/m1/s1. The minimum absolute atomic E-state index is 0.00986. The predicted molar refractivity (Wildman–Crippen MR) is 148 cm³/mol. The normalized spacial score (nSPS) is 22.6. The van der Waals surface area contributed by atoms with E-state index in [2.05, 4.69) is 43.3 Å². The van der Waals surface area contributed by atoms with Gasteiger partial charge in [0, 0.05) is 38.8 Å². The Bertz CT molecular complexity index is 1480. The van der Waals surface area contributed by atoms with E-state index in [1.165, 1.54) is 0 Å². The van der Waals surface area contributed by atoms with Crippen molar-refractivity contribution >= 4 is 22.8 Å². The molecular weight excluding hydrogens is 508 g/mol. The molecule has 3 N–H and O–H groups in total. The van der Waals surface area contributed by atoms with Crippen LogP contribution in [0.4, 0.5) is 0 Å². The highest BCUT2D eigenvalue weighted by molar-refractivity contribution is 5.90. The van der Waals surface area contributed by atoms with Crippen molar-refractivity contribution < 1.29 is 14.3 Å². The number of rotatable bonds is 8. The third kappa shape index (κ3) is 5.29. The van der Waals surface area contributed by atoms with Gasteiger partial charge in [-0.15, -0.1) is 5.10 Å². The fourth-order valence-electron chi connectivity index (χ4n) is 6.02. The van der Waals surface area contributed by atoms with Crippen LogP contribution in [0.5, 0.6) is 5.75 Å². The smallest absolute Gasteiger partial charge is 0.243 e. The van der Waals surface area contributed by atoms with Gasteiger partial charge in [0.2, 0.25) is 11.8 Å². The summed E-state index contributed by atoms with van der Waals surface area (Å²) in [4.78, 5) is 29.2. The summed E-state index contributed by atoms with van der Waals surface area (Å²) >= 11 is 0. The molecule has 0 bridgehead atoms. The van der Waals surface area contributed by atoms with Crippen LogP contribution in [0.1, 0.15) is 35.4 Å². The van der Waals surface area contributed by atoms with E-state index in [-0.39, 0.29) is 29.7 Å². The molecule has 0 spiro atoms. The van der Waals surface area contributed by atoms with Crippen LogP contribution in [0.2, 0.25) is 0 Å². The molecule has 2 fully saturated rings. The Morgan fingerprint density at radius 1 is 1.12 bits per heavy atom.